The normalized spacial score (nSPS) is 18.3. The van der Waals surface area contributed by atoms with Crippen LogP contribution in [-0.4, -0.2) is 70.3 Å². The van der Waals surface area contributed by atoms with E-state index in [4.69, 9.17) is 23.2 Å². The number of benzene rings is 1. The van der Waals surface area contributed by atoms with Crippen molar-refractivity contribution >= 4 is 60.7 Å². The van der Waals surface area contributed by atoms with Gasteiger partial charge in [0.1, 0.15) is 10.9 Å². The average molecular weight is 475 g/mol. The van der Waals surface area contributed by atoms with Gasteiger partial charge in [0.25, 0.3) is 0 Å². The minimum atomic E-state index is -4.09. The molecule has 1 fully saturated rings. The summed E-state index contributed by atoms with van der Waals surface area (Å²) in [4.78, 5) is 14.0. The van der Waals surface area contributed by atoms with E-state index in [0.717, 1.165) is 0 Å². The second-order valence-corrected chi connectivity index (χ2v) is 11.8. The number of amides is 1. The first kappa shape index (κ1) is 22.8. The number of hydrogen-bond donors (Lipinski definition) is 1. The highest BCUT2D eigenvalue weighted by Gasteiger charge is 2.33. The number of carbonyl (C=O) groups is 1. The van der Waals surface area contributed by atoms with Gasteiger partial charge in [0.05, 0.1) is 16.5 Å². The van der Waals surface area contributed by atoms with Crippen molar-refractivity contribution in [2.24, 2.45) is 0 Å². The minimum Gasteiger partial charge on any atom is -0.339 e. The van der Waals surface area contributed by atoms with E-state index in [1.165, 1.54) is 34.9 Å². The van der Waals surface area contributed by atoms with Gasteiger partial charge in [-0.2, -0.15) is 16.5 Å². The molecule has 1 heterocycles. The molecule has 1 amide bonds. The number of hydrogen-bond acceptors (Lipinski definition) is 6. The fourth-order valence-corrected chi connectivity index (χ4v) is 6.21. The van der Waals surface area contributed by atoms with Crippen molar-refractivity contribution in [3.8, 4) is 0 Å². The first-order chi connectivity index (χ1) is 12.6. The number of rotatable bonds is 7. The Hall–Kier alpha value is -0.520. The van der Waals surface area contributed by atoms with Gasteiger partial charge in [0.15, 0.2) is 9.84 Å². The average Bonchev–Trinajstić information content (AvgIpc) is 2.60. The summed E-state index contributed by atoms with van der Waals surface area (Å²) in [6.45, 7) is 0.104. The molecule has 1 atom stereocenters. The van der Waals surface area contributed by atoms with Crippen molar-refractivity contribution in [1.82, 2.24) is 9.62 Å². The predicted octanol–water partition coefficient (Wildman–Crippen LogP) is 1.65. The van der Waals surface area contributed by atoms with Crippen LogP contribution in [0, 0.1) is 0 Å². The molecule has 0 aromatic heterocycles. The van der Waals surface area contributed by atoms with Crippen LogP contribution in [0.4, 0.5) is 0 Å². The van der Waals surface area contributed by atoms with Gasteiger partial charge < -0.3 is 4.90 Å². The third kappa shape index (κ3) is 6.23. The lowest BCUT2D eigenvalue weighted by Crippen LogP contribution is -2.53. The summed E-state index contributed by atoms with van der Waals surface area (Å²) in [7, 11) is -7.24. The monoisotopic (exact) mass is 474 g/mol. The highest BCUT2D eigenvalue weighted by Crippen LogP contribution is 2.25. The summed E-state index contributed by atoms with van der Waals surface area (Å²) in [5.74, 6) is -0.142. The maximum atomic E-state index is 12.8. The number of halogens is 2. The van der Waals surface area contributed by atoms with Gasteiger partial charge in [-0.15, -0.1) is 0 Å². The molecule has 12 heteroatoms. The molecule has 0 spiro atoms. The Labute approximate surface area is 173 Å². The van der Waals surface area contributed by atoms with Crippen molar-refractivity contribution < 1.29 is 21.6 Å². The molecule has 27 heavy (non-hydrogen) atoms. The van der Waals surface area contributed by atoms with Gasteiger partial charge in [-0.1, -0.05) is 23.2 Å². The van der Waals surface area contributed by atoms with Crippen LogP contribution in [0.1, 0.15) is 6.42 Å². The van der Waals surface area contributed by atoms with Gasteiger partial charge in [-0.25, -0.2) is 16.8 Å². The SMILES string of the molecule is CSCCC(NS(=O)(=O)c1cc(Cl)ccc1Cl)C(=O)N1CCS(=O)(=O)CC1. The molecule has 1 unspecified atom stereocenters. The molecule has 1 aromatic carbocycles. The summed E-state index contributed by atoms with van der Waals surface area (Å²) in [5, 5.41) is 0.194. The van der Waals surface area contributed by atoms with E-state index in [1.54, 1.807) is 0 Å². The number of nitrogens with zero attached hydrogens (tertiary/aromatic N) is 1. The molecule has 1 N–H and O–H groups in total. The number of nitrogens with one attached hydrogen (secondary N) is 1. The van der Waals surface area contributed by atoms with E-state index >= 15 is 0 Å². The number of thioether (sulfide) groups is 1. The third-order valence-electron chi connectivity index (χ3n) is 4.05. The van der Waals surface area contributed by atoms with Crippen LogP contribution in [0.3, 0.4) is 0 Å². The van der Waals surface area contributed by atoms with Crippen LogP contribution in [0.15, 0.2) is 23.1 Å². The van der Waals surface area contributed by atoms with Crippen molar-refractivity contribution in [2.45, 2.75) is 17.4 Å². The zero-order valence-electron chi connectivity index (χ0n) is 14.5. The third-order valence-corrected chi connectivity index (χ3v) is 8.49. The lowest BCUT2D eigenvalue weighted by atomic mass is 10.2. The number of sulfone groups is 1. The molecule has 0 radical (unpaired) electrons. The Balaban J connectivity index is 2.23. The molecule has 0 bridgehead atoms. The Morgan fingerprint density at radius 3 is 2.52 bits per heavy atom. The molecule has 152 valence electrons. The lowest BCUT2D eigenvalue weighted by Gasteiger charge is -2.30. The number of sulfonamides is 1. The quantitative estimate of drug-likeness (QED) is 0.644. The highest BCUT2D eigenvalue weighted by molar-refractivity contribution is 7.98. The largest absolute Gasteiger partial charge is 0.339 e. The highest BCUT2D eigenvalue weighted by atomic mass is 35.5. The van der Waals surface area contributed by atoms with E-state index in [2.05, 4.69) is 4.72 Å². The molecular formula is C15H20Cl2N2O5S3. The minimum absolute atomic E-state index is 0.00738. The van der Waals surface area contributed by atoms with Gasteiger partial charge in [-0.05, 0) is 36.6 Å². The smallest absolute Gasteiger partial charge is 0.242 e. The fraction of sp³-hybridized carbons (Fsp3) is 0.533. The molecule has 1 aromatic rings. The van der Waals surface area contributed by atoms with Crippen LogP contribution in [0.2, 0.25) is 10.0 Å². The van der Waals surface area contributed by atoms with Gasteiger partial charge in [-0.3, -0.25) is 4.79 Å². The first-order valence-electron chi connectivity index (χ1n) is 8.01. The van der Waals surface area contributed by atoms with Crippen molar-refractivity contribution in [1.29, 1.82) is 0 Å². The van der Waals surface area contributed by atoms with Crippen LogP contribution >= 0.6 is 35.0 Å². The van der Waals surface area contributed by atoms with Gasteiger partial charge >= 0.3 is 0 Å². The maximum absolute atomic E-state index is 12.8. The van der Waals surface area contributed by atoms with Gasteiger partial charge in [0, 0.05) is 18.1 Å². The standard InChI is InChI=1S/C15H20Cl2N2O5S3/c1-25-7-4-13(15(20)19-5-8-26(21,22)9-6-19)18-27(23,24)14-10-11(16)2-3-12(14)17/h2-3,10,13,18H,4-9H2,1H3. The summed E-state index contributed by atoms with van der Waals surface area (Å²) in [5.41, 5.74) is 0. The summed E-state index contributed by atoms with van der Waals surface area (Å²) < 4.78 is 51.0. The second-order valence-electron chi connectivity index (χ2n) is 6.01. The van der Waals surface area contributed by atoms with Crippen molar-refractivity contribution in [3.63, 3.8) is 0 Å². The van der Waals surface area contributed by atoms with Gasteiger partial charge in [0.2, 0.25) is 15.9 Å². The first-order valence-corrected chi connectivity index (χ1v) is 13.5. The van der Waals surface area contributed by atoms with E-state index in [0.29, 0.717) is 5.75 Å². The Morgan fingerprint density at radius 2 is 1.93 bits per heavy atom. The van der Waals surface area contributed by atoms with Crippen molar-refractivity contribution in [2.75, 3.05) is 36.6 Å². The summed E-state index contributed by atoms with van der Waals surface area (Å²) >= 11 is 13.3. The number of carbonyl (C=O) groups excluding carboxylic acids is 1. The fourth-order valence-electron chi connectivity index (χ4n) is 2.56. The van der Waals surface area contributed by atoms with Crippen LogP contribution < -0.4 is 4.72 Å². The van der Waals surface area contributed by atoms with E-state index < -0.39 is 31.8 Å². The molecule has 0 saturated carbocycles. The predicted molar refractivity (Wildman–Crippen MR) is 109 cm³/mol. The zero-order valence-corrected chi connectivity index (χ0v) is 18.5. The molecule has 7 nitrogen and oxygen atoms in total. The molecule has 2 rings (SSSR count). The Bertz CT molecular complexity index is 892. The Morgan fingerprint density at radius 1 is 1.30 bits per heavy atom. The van der Waals surface area contributed by atoms with E-state index in [-0.39, 0.29) is 46.0 Å². The molecule has 1 saturated heterocycles. The molecule has 0 aliphatic carbocycles. The summed E-state index contributed by atoms with van der Waals surface area (Å²) in [6.07, 6.45) is 2.11. The van der Waals surface area contributed by atoms with Crippen LogP contribution in [0.25, 0.3) is 0 Å². The lowest BCUT2D eigenvalue weighted by molar-refractivity contribution is -0.132. The van der Waals surface area contributed by atoms with Crippen molar-refractivity contribution in [3.05, 3.63) is 28.2 Å². The van der Waals surface area contributed by atoms with Crippen LogP contribution in [0.5, 0.6) is 0 Å². The van der Waals surface area contributed by atoms with Crippen LogP contribution in [-0.2, 0) is 24.7 Å². The van der Waals surface area contributed by atoms with E-state index in [1.807, 2.05) is 6.26 Å². The van der Waals surface area contributed by atoms with E-state index in [9.17, 15) is 21.6 Å². The second kappa shape index (κ2) is 9.32. The molecule has 1 aliphatic heterocycles. The molecular weight excluding hydrogens is 455 g/mol. The Kier molecular flexibility index (Phi) is 7.86. The topological polar surface area (TPSA) is 101 Å². The summed E-state index contributed by atoms with van der Waals surface area (Å²) in [6, 6.07) is 3.04. The zero-order chi connectivity index (χ0) is 20.2. The molecule has 1 aliphatic rings. The maximum Gasteiger partial charge on any atom is 0.242 e.